The number of aromatic nitrogens is 3. The first-order valence-electron chi connectivity index (χ1n) is 9.23. The summed E-state index contributed by atoms with van der Waals surface area (Å²) in [7, 11) is 1.64. The zero-order valence-corrected chi connectivity index (χ0v) is 17.1. The van der Waals surface area contributed by atoms with Gasteiger partial charge in [0.05, 0.1) is 12.4 Å². The smallest absolute Gasteiger partial charge is 0.233 e. The molecule has 2 aromatic carbocycles. The van der Waals surface area contributed by atoms with Crippen LogP contribution in [0.1, 0.15) is 20.3 Å². The Labute approximate surface area is 169 Å². The number of rotatable bonds is 8. The Morgan fingerprint density at radius 3 is 2.50 bits per heavy atom. The van der Waals surface area contributed by atoms with Crippen LogP contribution in [0, 0.1) is 0 Å². The van der Waals surface area contributed by atoms with Gasteiger partial charge in [0.2, 0.25) is 5.91 Å². The summed E-state index contributed by atoms with van der Waals surface area (Å²) in [5, 5.41) is 12.1. The van der Waals surface area contributed by atoms with E-state index in [1.807, 2.05) is 73.0 Å². The molecule has 0 spiro atoms. The number of hydrogen-bond acceptors (Lipinski definition) is 5. The van der Waals surface area contributed by atoms with Crippen molar-refractivity contribution in [2.45, 2.75) is 30.7 Å². The molecule has 0 aliphatic heterocycles. The van der Waals surface area contributed by atoms with Gasteiger partial charge in [0.15, 0.2) is 11.0 Å². The second-order valence-electron chi connectivity index (χ2n) is 6.26. The molecule has 146 valence electrons. The zero-order valence-electron chi connectivity index (χ0n) is 16.3. The lowest BCUT2D eigenvalue weighted by atomic mass is 10.2. The van der Waals surface area contributed by atoms with Crippen LogP contribution in [0.15, 0.2) is 59.8 Å². The van der Waals surface area contributed by atoms with E-state index in [2.05, 4.69) is 15.5 Å². The summed E-state index contributed by atoms with van der Waals surface area (Å²) in [4.78, 5) is 12.3. The number of carbonyl (C=O) groups is 1. The third-order valence-electron chi connectivity index (χ3n) is 4.20. The number of carbonyl (C=O) groups excluding carboxylic acids is 1. The highest BCUT2D eigenvalue weighted by Crippen LogP contribution is 2.30. The average Bonchev–Trinajstić information content (AvgIpc) is 3.16. The van der Waals surface area contributed by atoms with E-state index in [4.69, 9.17) is 4.74 Å². The number of amides is 1. The molecule has 1 N–H and O–H groups in total. The Balaban J connectivity index is 1.98. The normalized spacial score (nSPS) is 11.8. The maximum atomic E-state index is 12.3. The molecular weight excluding hydrogens is 372 g/mol. The fourth-order valence-electron chi connectivity index (χ4n) is 2.69. The molecule has 0 bridgehead atoms. The highest BCUT2D eigenvalue weighted by molar-refractivity contribution is 8.00. The molecule has 1 heterocycles. The van der Waals surface area contributed by atoms with Gasteiger partial charge in [0.1, 0.15) is 5.75 Å². The Hall–Kier alpha value is -2.80. The van der Waals surface area contributed by atoms with Gasteiger partial charge in [-0.3, -0.25) is 9.36 Å². The standard InChI is InChI=1S/C21H24N4O2S/c1-4-14-22-20(26)15(2)28-21-24-23-19(16-8-6-5-7-9-16)25(21)17-10-12-18(27-3)13-11-17/h5-13,15H,4,14H2,1-3H3,(H,22,26). The van der Waals surface area contributed by atoms with E-state index in [-0.39, 0.29) is 11.2 Å². The highest BCUT2D eigenvalue weighted by Gasteiger charge is 2.21. The van der Waals surface area contributed by atoms with E-state index in [0.29, 0.717) is 11.7 Å². The predicted molar refractivity (Wildman–Crippen MR) is 112 cm³/mol. The minimum absolute atomic E-state index is 0.00241. The van der Waals surface area contributed by atoms with E-state index < -0.39 is 0 Å². The molecule has 0 radical (unpaired) electrons. The van der Waals surface area contributed by atoms with Gasteiger partial charge >= 0.3 is 0 Å². The van der Waals surface area contributed by atoms with Crippen molar-refractivity contribution in [3.05, 3.63) is 54.6 Å². The average molecular weight is 397 g/mol. The van der Waals surface area contributed by atoms with Gasteiger partial charge in [-0.2, -0.15) is 0 Å². The van der Waals surface area contributed by atoms with E-state index in [0.717, 1.165) is 29.2 Å². The SMILES string of the molecule is CCCNC(=O)C(C)Sc1nnc(-c2ccccc2)n1-c1ccc(OC)cc1. The largest absolute Gasteiger partial charge is 0.497 e. The summed E-state index contributed by atoms with van der Waals surface area (Å²) in [5.41, 5.74) is 1.87. The molecule has 0 saturated heterocycles. The first kappa shape index (κ1) is 19.9. The van der Waals surface area contributed by atoms with E-state index in [1.54, 1.807) is 7.11 Å². The Morgan fingerprint density at radius 2 is 1.86 bits per heavy atom. The molecule has 0 aliphatic carbocycles. The summed E-state index contributed by atoms with van der Waals surface area (Å²) in [6.07, 6.45) is 0.906. The quantitative estimate of drug-likeness (QED) is 0.584. The minimum atomic E-state index is -0.281. The van der Waals surface area contributed by atoms with Crippen molar-refractivity contribution in [3.8, 4) is 22.8 Å². The summed E-state index contributed by atoms with van der Waals surface area (Å²) < 4.78 is 7.24. The molecule has 6 nitrogen and oxygen atoms in total. The zero-order chi connectivity index (χ0) is 19.9. The predicted octanol–water partition coefficient (Wildman–Crippen LogP) is 3.95. The Bertz CT molecular complexity index is 910. The van der Waals surface area contributed by atoms with E-state index in [9.17, 15) is 4.79 Å². The molecule has 0 saturated carbocycles. The number of benzene rings is 2. The van der Waals surface area contributed by atoms with Gasteiger partial charge in [-0.15, -0.1) is 10.2 Å². The van der Waals surface area contributed by atoms with Gasteiger partial charge in [0, 0.05) is 17.8 Å². The van der Waals surface area contributed by atoms with Crippen LogP contribution in [-0.2, 0) is 4.79 Å². The van der Waals surface area contributed by atoms with E-state index in [1.165, 1.54) is 11.8 Å². The lowest BCUT2D eigenvalue weighted by molar-refractivity contribution is -0.120. The number of hydrogen-bond donors (Lipinski definition) is 1. The number of ether oxygens (including phenoxy) is 1. The van der Waals surface area contributed by atoms with Crippen LogP contribution in [0.2, 0.25) is 0 Å². The third-order valence-corrected chi connectivity index (χ3v) is 5.24. The van der Waals surface area contributed by atoms with Crippen molar-refractivity contribution in [1.29, 1.82) is 0 Å². The third kappa shape index (κ3) is 4.54. The molecule has 1 aromatic heterocycles. The maximum Gasteiger partial charge on any atom is 0.233 e. The molecule has 1 atom stereocenters. The summed E-state index contributed by atoms with van der Waals surface area (Å²) in [6.45, 7) is 4.58. The first-order chi connectivity index (χ1) is 13.6. The van der Waals surface area contributed by atoms with Crippen molar-refractivity contribution < 1.29 is 9.53 Å². The number of thioether (sulfide) groups is 1. The molecular formula is C21H24N4O2S. The molecule has 28 heavy (non-hydrogen) atoms. The molecule has 3 aromatic rings. The molecule has 0 fully saturated rings. The fraction of sp³-hybridized carbons (Fsp3) is 0.286. The van der Waals surface area contributed by atoms with Gasteiger partial charge in [-0.1, -0.05) is 49.0 Å². The molecule has 3 rings (SSSR count). The number of methoxy groups -OCH3 is 1. The monoisotopic (exact) mass is 396 g/mol. The second kappa shape index (κ2) is 9.41. The van der Waals surface area contributed by atoms with Crippen molar-refractivity contribution >= 4 is 17.7 Å². The topological polar surface area (TPSA) is 69.0 Å². The van der Waals surface area contributed by atoms with Gasteiger partial charge in [0.25, 0.3) is 0 Å². The molecule has 7 heteroatoms. The summed E-state index contributed by atoms with van der Waals surface area (Å²) >= 11 is 1.40. The minimum Gasteiger partial charge on any atom is -0.497 e. The van der Waals surface area contributed by atoms with Crippen molar-refractivity contribution in [2.24, 2.45) is 0 Å². The highest BCUT2D eigenvalue weighted by atomic mass is 32.2. The second-order valence-corrected chi connectivity index (χ2v) is 7.56. The van der Waals surface area contributed by atoms with E-state index >= 15 is 0 Å². The van der Waals surface area contributed by atoms with Crippen LogP contribution in [0.3, 0.4) is 0 Å². The fourth-order valence-corrected chi connectivity index (χ4v) is 3.58. The molecule has 1 unspecified atom stereocenters. The van der Waals surface area contributed by atoms with Crippen LogP contribution >= 0.6 is 11.8 Å². The summed E-state index contributed by atoms with van der Waals surface area (Å²) in [5.74, 6) is 1.51. The van der Waals surface area contributed by atoms with Gasteiger partial charge in [-0.25, -0.2) is 0 Å². The Morgan fingerprint density at radius 1 is 1.14 bits per heavy atom. The maximum absolute atomic E-state index is 12.3. The van der Waals surface area contributed by atoms with Crippen LogP contribution < -0.4 is 10.1 Å². The van der Waals surface area contributed by atoms with Crippen LogP contribution in [0.25, 0.3) is 17.1 Å². The first-order valence-corrected chi connectivity index (χ1v) is 10.1. The van der Waals surface area contributed by atoms with Gasteiger partial charge in [-0.05, 0) is 37.6 Å². The lowest BCUT2D eigenvalue weighted by Gasteiger charge is -2.14. The van der Waals surface area contributed by atoms with Crippen molar-refractivity contribution in [2.75, 3.05) is 13.7 Å². The van der Waals surface area contributed by atoms with Crippen molar-refractivity contribution in [3.63, 3.8) is 0 Å². The molecule has 1 amide bonds. The number of nitrogens with zero attached hydrogens (tertiary/aromatic N) is 3. The van der Waals surface area contributed by atoms with Gasteiger partial charge < -0.3 is 10.1 Å². The number of nitrogens with one attached hydrogen (secondary N) is 1. The van der Waals surface area contributed by atoms with Crippen molar-refractivity contribution in [1.82, 2.24) is 20.1 Å². The lowest BCUT2D eigenvalue weighted by Crippen LogP contribution is -2.31. The summed E-state index contributed by atoms with van der Waals surface area (Å²) in [6, 6.07) is 17.6. The van der Waals surface area contributed by atoms with Crippen LogP contribution in [-0.4, -0.2) is 39.6 Å². The molecule has 0 aliphatic rings. The van der Waals surface area contributed by atoms with Crippen LogP contribution in [0.5, 0.6) is 5.75 Å². The Kier molecular flexibility index (Phi) is 6.71. The van der Waals surface area contributed by atoms with Crippen LogP contribution in [0.4, 0.5) is 0 Å².